The van der Waals surface area contributed by atoms with Crippen LogP contribution in [0.3, 0.4) is 0 Å². The van der Waals surface area contributed by atoms with E-state index < -0.39 is 35.1 Å². The van der Waals surface area contributed by atoms with Crippen LogP contribution in [0, 0.1) is 0 Å². The predicted molar refractivity (Wildman–Crippen MR) is 116 cm³/mol. The van der Waals surface area contributed by atoms with Gasteiger partial charge in [-0.2, -0.15) is 18.3 Å². The molecule has 1 fully saturated rings. The van der Waals surface area contributed by atoms with E-state index in [0.717, 1.165) is 12.1 Å². The number of nitrogens with one attached hydrogen (secondary N) is 3. The van der Waals surface area contributed by atoms with E-state index in [1.165, 1.54) is 47.3 Å². The van der Waals surface area contributed by atoms with Crippen molar-refractivity contribution >= 4 is 29.4 Å². The lowest BCUT2D eigenvalue weighted by molar-refractivity contribution is -0.137. The van der Waals surface area contributed by atoms with Crippen LogP contribution in [-0.2, 0) is 23.6 Å². The van der Waals surface area contributed by atoms with Gasteiger partial charge < -0.3 is 10.6 Å². The first-order chi connectivity index (χ1) is 16.0. The van der Waals surface area contributed by atoms with Crippen LogP contribution in [0.2, 0.25) is 5.02 Å². The maximum absolute atomic E-state index is 13.1. The molecule has 0 spiro atoms. The number of imide groups is 1. The number of amides is 4. The zero-order valence-corrected chi connectivity index (χ0v) is 18.3. The van der Waals surface area contributed by atoms with Crippen molar-refractivity contribution in [3.8, 4) is 11.1 Å². The minimum absolute atomic E-state index is 0.119. The molecule has 1 saturated heterocycles. The fraction of sp³-hybridized carbons (Fsp3) is 0.182. The highest BCUT2D eigenvalue weighted by molar-refractivity contribution is 6.31. The van der Waals surface area contributed by atoms with E-state index in [-0.39, 0.29) is 17.1 Å². The minimum atomic E-state index is -4.50. The SMILES string of the molecule is Cn1nccc1C1(CNC(=O)c2ccc(Cl)cc2-c2ccc(C(F)(F)F)cc2)NC(=O)NC1=O. The molecule has 2 heterocycles. The molecule has 12 heteroatoms. The lowest BCUT2D eigenvalue weighted by atomic mass is 9.94. The Morgan fingerprint density at radius 2 is 1.85 bits per heavy atom. The van der Waals surface area contributed by atoms with Gasteiger partial charge in [0.15, 0.2) is 5.54 Å². The number of carbonyl (C=O) groups is 3. The van der Waals surface area contributed by atoms with Gasteiger partial charge in [0.1, 0.15) is 0 Å². The summed E-state index contributed by atoms with van der Waals surface area (Å²) in [7, 11) is 1.58. The van der Waals surface area contributed by atoms with Gasteiger partial charge in [0.25, 0.3) is 11.8 Å². The van der Waals surface area contributed by atoms with E-state index in [2.05, 4.69) is 21.0 Å². The third-order valence-electron chi connectivity index (χ3n) is 5.46. The van der Waals surface area contributed by atoms with E-state index in [1.807, 2.05) is 0 Å². The quantitative estimate of drug-likeness (QED) is 0.477. The normalized spacial score (nSPS) is 17.9. The summed E-state index contributed by atoms with van der Waals surface area (Å²) in [6, 6.07) is 9.46. The Kier molecular flexibility index (Phi) is 5.82. The number of rotatable bonds is 5. The predicted octanol–water partition coefficient (Wildman–Crippen LogP) is 3.22. The maximum atomic E-state index is 13.1. The van der Waals surface area contributed by atoms with E-state index in [1.54, 1.807) is 7.05 Å². The highest BCUT2D eigenvalue weighted by Gasteiger charge is 2.50. The number of carbonyl (C=O) groups excluding carboxylic acids is 3. The van der Waals surface area contributed by atoms with Crippen molar-refractivity contribution in [2.75, 3.05) is 6.54 Å². The monoisotopic (exact) mass is 491 g/mol. The van der Waals surface area contributed by atoms with Crippen molar-refractivity contribution in [3.05, 3.63) is 76.6 Å². The van der Waals surface area contributed by atoms with Crippen LogP contribution in [-0.4, -0.2) is 34.2 Å². The maximum Gasteiger partial charge on any atom is 0.416 e. The molecular weight excluding hydrogens is 475 g/mol. The second-order valence-electron chi connectivity index (χ2n) is 7.60. The Hall–Kier alpha value is -3.86. The highest BCUT2D eigenvalue weighted by atomic mass is 35.5. The molecule has 1 atom stereocenters. The number of hydrogen-bond donors (Lipinski definition) is 3. The first-order valence-corrected chi connectivity index (χ1v) is 10.3. The zero-order chi connectivity index (χ0) is 24.7. The molecule has 0 saturated carbocycles. The van der Waals surface area contributed by atoms with Gasteiger partial charge >= 0.3 is 12.2 Å². The third kappa shape index (κ3) is 4.21. The average Bonchev–Trinajstić information content (AvgIpc) is 3.33. The van der Waals surface area contributed by atoms with E-state index in [9.17, 15) is 27.6 Å². The average molecular weight is 492 g/mol. The smallest absolute Gasteiger partial charge is 0.349 e. The number of urea groups is 1. The summed E-state index contributed by atoms with van der Waals surface area (Å²) in [5.74, 6) is -1.29. The summed E-state index contributed by atoms with van der Waals surface area (Å²) in [6.45, 7) is -0.308. The van der Waals surface area contributed by atoms with Crippen molar-refractivity contribution < 1.29 is 27.6 Å². The summed E-state index contributed by atoms with van der Waals surface area (Å²) >= 11 is 6.08. The number of aryl methyl sites for hydroxylation is 1. The lowest BCUT2D eigenvalue weighted by Gasteiger charge is -2.26. The molecule has 3 N–H and O–H groups in total. The molecule has 0 aliphatic carbocycles. The second kappa shape index (κ2) is 8.49. The van der Waals surface area contributed by atoms with Gasteiger partial charge in [-0.1, -0.05) is 23.7 Å². The second-order valence-corrected chi connectivity index (χ2v) is 8.04. The molecule has 0 radical (unpaired) electrons. The summed E-state index contributed by atoms with van der Waals surface area (Å²) < 4.78 is 40.2. The Balaban J connectivity index is 1.65. The van der Waals surface area contributed by atoms with Gasteiger partial charge in [0.05, 0.1) is 17.8 Å². The van der Waals surface area contributed by atoms with Gasteiger partial charge in [-0.3, -0.25) is 19.6 Å². The van der Waals surface area contributed by atoms with Crippen LogP contribution in [0.1, 0.15) is 21.6 Å². The van der Waals surface area contributed by atoms with Crippen LogP contribution in [0.25, 0.3) is 11.1 Å². The van der Waals surface area contributed by atoms with Crippen LogP contribution in [0.15, 0.2) is 54.7 Å². The highest BCUT2D eigenvalue weighted by Crippen LogP contribution is 2.33. The molecule has 2 aromatic carbocycles. The van der Waals surface area contributed by atoms with Crippen molar-refractivity contribution in [2.45, 2.75) is 11.7 Å². The van der Waals surface area contributed by atoms with E-state index in [0.29, 0.717) is 16.8 Å². The Labute approximate surface area is 196 Å². The Morgan fingerprint density at radius 1 is 1.15 bits per heavy atom. The largest absolute Gasteiger partial charge is 0.416 e. The van der Waals surface area contributed by atoms with Crippen molar-refractivity contribution in [3.63, 3.8) is 0 Å². The number of alkyl halides is 3. The Bertz CT molecular complexity index is 1290. The van der Waals surface area contributed by atoms with Crippen molar-refractivity contribution in [1.29, 1.82) is 0 Å². The van der Waals surface area contributed by atoms with Crippen LogP contribution in [0.5, 0.6) is 0 Å². The molecular formula is C22H17ClF3N5O3. The molecule has 1 aliphatic heterocycles. The summed E-state index contributed by atoms with van der Waals surface area (Å²) in [4.78, 5) is 37.7. The molecule has 3 aromatic rings. The van der Waals surface area contributed by atoms with E-state index in [4.69, 9.17) is 11.6 Å². The molecule has 1 aromatic heterocycles. The molecule has 176 valence electrons. The summed E-state index contributed by atoms with van der Waals surface area (Å²) in [5, 5.41) is 11.6. The molecule has 4 rings (SSSR count). The molecule has 1 unspecified atom stereocenters. The number of aromatic nitrogens is 2. The van der Waals surface area contributed by atoms with Gasteiger partial charge in [-0.25, -0.2) is 4.79 Å². The fourth-order valence-electron chi connectivity index (χ4n) is 3.78. The molecule has 8 nitrogen and oxygen atoms in total. The number of halogens is 4. The fourth-order valence-corrected chi connectivity index (χ4v) is 3.95. The van der Waals surface area contributed by atoms with Crippen LogP contribution in [0.4, 0.5) is 18.0 Å². The summed E-state index contributed by atoms with van der Waals surface area (Å²) in [6.07, 6.45) is -3.06. The molecule has 1 aliphatic rings. The van der Waals surface area contributed by atoms with Crippen LogP contribution >= 0.6 is 11.6 Å². The molecule has 4 amide bonds. The summed E-state index contributed by atoms with van der Waals surface area (Å²) in [5.41, 5.74) is -1.32. The molecule has 0 bridgehead atoms. The standard InChI is InChI=1S/C22H17ClF3N5O3/c1-31-17(8-9-28-31)21(19(33)29-20(34)30-21)11-27-18(32)15-7-6-14(23)10-16(15)12-2-4-13(5-3-12)22(24,25)26/h2-10H,11H2,1H3,(H,27,32)(H2,29,30,33,34). The van der Waals surface area contributed by atoms with Gasteiger partial charge in [-0.05, 0) is 47.5 Å². The zero-order valence-electron chi connectivity index (χ0n) is 17.5. The van der Waals surface area contributed by atoms with Crippen molar-refractivity contribution in [2.24, 2.45) is 7.05 Å². The third-order valence-corrected chi connectivity index (χ3v) is 5.70. The van der Waals surface area contributed by atoms with E-state index >= 15 is 0 Å². The molecule has 34 heavy (non-hydrogen) atoms. The number of nitrogens with zero attached hydrogens (tertiary/aromatic N) is 2. The van der Waals surface area contributed by atoms with Crippen molar-refractivity contribution in [1.82, 2.24) is 25.7 Å². The number of benzene rings is 2. The first-order valence-electron chi connectivity index (χ1n) is 9.89. The van der Waals surface area contributed by atoms with Gasteiger partial charge in [-0.15, -0.1) is 0 Å². The topological polar surface area (TPSA) is 105 Å². The van der Waals surface area contributed by atoms with Gasteiger partial charge in [0.2, 0.25) is 0 Å². The minimum Gasteiger partial charge on any atom is -0.349 e. The Morgan fingerprint density at radius 3 is 2.41 bits per heavy atom. The lowest BCUT2D eigenvalue weighted by Crippen LogP contribution is -2.53. The first kappa shape index (κ1) is 23.3. The van der Waals surface area contributed by atoms with Gasteiger partial charge in [0, 0.05) is 23.8 Å². The van der Waals surface area contributed by atoms with Crippen LogP contribution < -0.4 is 16.0 Å². The number of hydrogen-bond acceptors (Lipinski definition) is 4.